The van der Waals surface area contributed by atoms with Crippen molar-refractivity contribution >= 4 is 27.7 Å². The van der Waals surface area contributed by atoms with Crippen LogP contribution in [0, 0.1) is 0 Å². The zero-order chi connectivity index (χ0) is 18.3. The van der Waals surface area contributed by atoms with Crippen molar-refractivity contribution in [2.45, 2.75) is 30.8 Å². The van der Waals surface area contributed by atoms with E-state index in [2.05, 4.69) is 26.6 Å². The van der Waals surface area contributed by atoms with Gasteiger partial charge in [0.1, 0.15) is 17.3 Å². The Morgan fingerprint density at radius 3 is 2.58 bits per heavy atom. The number of piperazine rings is 1. The van der Waals surface area contributed by atoms with E-state index in [9.17, 15) is 9.59 Å². The molecule has 1 aliphatic carbocycles. The Bertz CT molecular complexity index is 884. The van der Waals surface area contributed by atoms with Gasteiger partial charge in [-0.25, -0.2) is 0 Å². The van der Waals surface area contributed by atoms with Crippen molar-refractivity contribution in [1.82, 2.24) is 10.6 Å². The lowest BCUT2D eigenvalue weighted by Gasteiger charge is -2.37. The van der Waals surface area contributed by atoms with E-state index in [1.807, 2.05) is 42.5 Å². The number of nitrogens with one attached hydrogen (secondary N) is 2. The molecule has 1 aliphatic heterocycles. The predicted molar refractivity (Wildman–Crippen MR) is 101 cm³/mol. The lowest BCUT2D eigenvalue weighted by molar-refractivity contribution is -0.141. The van der Waals surface area contributed by atoms with E-state index in [4.69, 9.17) is 4.74 Å². The molecule has 1 fully saturated rings. The molecule has 6 heteroatoms. The molecule has 26 heavy (non-hydrogen) atoms. The summed E-state index contributed by atoms with van der Waals surface area (Å²) in [4.78, 5) is 25.7. The van der Waals surface area contributed by atoms with Crippen LogP contribution in [0.4, 0.5) is 0 Å². The minimum atomic E-state index is -0.941. The Kier molecular flexibility index (Phi) is 4.23. The molecule has 2 N–H and O–H groups in total. The number of carbonyl (C=O) groups is 2. The molecule has 1 saturated heterocycles. The summed E-state index contributed by atoms with van der Waals surface area (Å²) in [5.74, 6) is 0.466. The summed E-state index contributed by atoms with van der Waals surface area (Å²) in [6.45, 7) is 0. The van der Waals surface area contributed by atoms with Crippen molar-refractivity contribution in [2.75, 3.05) is 7.11 Å². The molecule has 1 heterocycles. The maximum atomic E-state index is 13.0. The maximum absolute atomic E-state index is 13.0. The van der Waals surface area contributed by atoms with Gasteiger partial charge in [0.05, 0.1) is 7.11 Å². The summed E-state index contributed by atoms with van der Waals surface area (Å²) in [6.07, 6.45) is 1.37. The van der Waals surface area contributed by atoms with Gasteiger partial charge in [-0.3, -0.25) is 9.59 Å². The Balaban J connectivity index is 1.58. The average molecular weight is 415 g/mol. The highest BCUT2D eigenvalue weighted by atomic mass is 79.9. The highest BCUT2D eigenvalue weighted by Gasteiger charge is 2.51. The Morgan fingerprint density at radius 1 is 1.12 bits per heavy atom. The molecule has 0 unspecified atom stereocenters. The fraction of sp³-hybridized carbons (Fsp3) is 0.300. The third-order valence-corrected chi connectivity index (χ3v) is 5.95. The smallest absolute Gasteiger partial charge is 0.247 e. The second-order valence-electron chi connectivity index (χ2n) is 6.85. The fourth-order valence-electron chi connectivity index (χ4n) is 3.87. The minimum absolute atomic E-state index is 0.136. The molecular weight excluding hydrogens is 396 g/mol. The first-order valence-corrected chi connectivity index (χ1v) is 9.33. The van der Waals surface area contributed by atoms with Crippen LogP contribution in [0.25, 0.3) is 0 Å². The third kappa shape index (κ3) is 2.78. The van der Waals surface area contributed by atoms with Gasteiger partial charge in [0.15, 0.2) is 0 Å². The molecule has 5 nitrogen and oxygen atoms in total. The molecule has 2 aromatic rings. The number of fused-ring (bicyclic) bond motifs is 1. The van der Waals surface area contributed by atoms with Crippen molar-refractivity contribution in [3.05, 3.63) is 63.6 Å². The first kappa shape index (κ1) is 17.1. The minimum Gasteiger partial charge on any atom is -0.496 e. The molecular formula is C20H19BrN2O3. The first-order valence-electron chi connectivity index (χ1n) is 8.53. The van der Waals surface area contributed by atoms with Crippen LogP contribution in [0.15, 0.2) is 46.9 Å². The molecule has 0 radical (unpaired) electrons. The van der Waals surface area contributed by atoms with Crippen LogP contribution in [-0.4, -0.2) is 30.5 Å². The van der Waals surface area contributed by atoms with Crippen molar-refractivity contribution in [3.63, 3.8) is 0 Å². The van der Waals surface area contributed by atoms with Crippen LogP contribution in [0.2, 0.25) is 0 Å². The summed E-state index contributed by atoms with van der Waals surface area (Å²) >= 11 is 3.55. The van der Waals surface area contributed by atoms with Crippen molar-refractivity contribution < 1.29 is 14.3 Å². The van der Waals surface area contributed by atoms with E-state index in [-0.39, 0.29) is 11.8 Å². The summed E-state index contributed by atoms with van der Waals surface area (Å²) in [5, 5.41) is 5.94. The lowest BCUT2D eigenvalue weighted by Crippen LogP contribution is -2.70. The molecule has 2 atom stereocenters. The number of benzene rings is 2. The largest absolute Gasteiger partial charge is 0.496 e. The van der Waals surface area contributed by atoms with Gasteiger partial charge >= 0.3 is 0 Å². The molecule has 2 amide bonds. The fourth-order valence-corrected chi connectivity index (χ4v) is 4.38. The van der Waals surface area contributed by atoms with Gasteiger partial charge in [-0.05, 0) is 23.3 Å². The van der Waals surface area contributed by atoms with Crippen LogP contribution in [0.1, 0.15) is 16.7 Å². The third-order valence-electron chi connectivity index (χ3n) is 5.21. The van der Waals surface area contributed by atoms with E-state index in [1.54, 1.807) is 7.11 Å². The number of methoxy groups -OCH3 is 1. The number of ether oxygens (including phenoxy) is 1. The Hall–Kier alpha value is -2.34. The van der Waals surface area contributed by atoms with E-state index in [1.165, 1.54) is 0 Å². The normalized spacial score (nSPS) is 24.2. The topological polar surface area (TPSA) is 67.4 Å². The summed E-state index contributed by atoms with van der Waals surface area (Å²) < 4.78 is 6.37. The van der Waals surface area contributed by atoms with E-state index >= 15 is 0 Å². The van der Waals surface area contributed by atoms with E-state index < -0.39 is 11.6 Å². The van der Waals surface area contributed by atoms with Crippen LogP contribution in [-0.2, 0) is 28.9 Å². The molecule has 0 saturated carbocycles. The molecule has 2 aromatic carbocycles. The van der Waals surface area contributed by atoms with Gasteiger partial charge < -0.3 is 15.4 Å². The SMILES string of the molecule is COc1ccc(Br)c2c1C[C@]1(C2)NC(=O)[C@H](Cc2ccccc2)NC1=O. The highest BCUT2D eigenvalue weighted by Crippen LogP contribution is 2.41. The quantitative estimate of drug-likeness (QED) is 0.808. The first-order chi connectivity index (χ1) is 12.5. The Morgan fingerprint density at radius 2 is 1.85 bits per heavy atom. The van der Waals surface area contributed by atoms with Gasteiger partial charge in [-0.2, -0.15) is 0 Å². The lowest BCUT2D eigenvalue weighted by atomic mass is 9.89. The van der Waals surface area contributed by atoms with Gasteiger partial charge in [-0.1, -0.05) is 46.3 Å². The number of rotatable bonds is 3. The zero-order valence-corrected chi connectivity index (χ0v) is 15.9. The van der Waals surface area contributed by atoms with Gasteiger partial charge in [0.25, 0.3) is 0 Å². The maximum Gasteiger partial charge on any atom is 0.247 e. The second-order valence-corrected chi connectivity index (χ2v) is 7.70. The molecule has 2 aliphatic rings. The van der Waals surface area contributed by atoms with Crippen LogP contribution in [0.5, 0.6) is 5.75 Å². The number of amides is 2. The number of hydrogen-bond donors (Lipinski definition) is 2. The average Bonchev–Trinajstić information content (AvgIpc) is 3.02. The van der Waals surface area contributed by atoms with Crippen molar-refractivity contribution in [3.8, 4) is 5.75 Å². The number of hydrogen-bond acceptors (Lipinski definition) is 3. The van der Waals surface area contributed by atoms with Crippen LogP contribution >= 0.6 is 15.9 Å². The summed E-state index contributed by atoms with van der Waals surface area (Å²) in [7, 11) is 1.62. The van der Waals surface area contributed by atoms with Crippen molar-refractivity contribution in [1.29, 1.82) is 0 Å². The zero-order valence-electron chi connectivity index (χ0n) is 14.3. The monoisotopic (exact) mass is 414 g/mol. The van der Waals surface area contributed by atoms with E-state index in [0.717, 1.165) is 26.9 Å². The molecule has 0 bridgehead atoms. The van der Waals surface area contributed by atoms with Crippen LogP contribution in [0.3, 0.4) is 0 Å². The number of carbonyl (C=O) groups excluding carboxylic acids is 2. The van der Waals surface area contributed by atoms with E-state index in [0.29, 0.717) is 19.3 Å². The molecule has 134 valence electrons. The number of halogens is 1. The van der Waals surface area contributed by atoms with Crippen LogP contribution < -0.4 is 15.4 Å². The standard InChI is InChI=1S/C20H19BrN2O3/c1-26-17-8-7-15(21)13-10-20(11-14(13)17)19(25)22-16(18(24)23-20)9-12-5-3-2-4-6-12/h2-8,16H,9-11H2,1H3,(H,22,25)(H,23,24)/t16-,20-/m0/s1. The summed E-state index contributed by atoms with van der Waals surface area (Å²) in [5.41, 5.74) is 2.06. The van der Waals surface area contributed by atoms with Gasteiger partial charge in [0, 0.05) is 29.3 Å². The molecule has 1 spiro atoms. The van der Waals surface area contributed by atoms with Gasteiger partial charge in [0.2, 0.25) is 11.8 Å². The second kappa shape index (κ2) is 6.43. The van der Waals surface area contributed by atoms with Crippen molar-refractivity contribution in [2.24, 2.45) is 0 Å². The summed E-state index contributed by atoms with van der Waals surface area (Å²) in [6, 6.07) is 12.9. The molecule has 0 aromatic heterocycles. The highest BCUT2D eigenvalue weighted by molar-refractivity contribution is 9.10. The predicted octanol–water partition coefficient (Wildman–Crippen LogP) is 2.15. The Labute approximate surface area is 160 Å². The molecule has 4 rings (SSSR count). The van der Waals surface area contributed by atoms with Gasteiger partial charge in [-0.15, -0.1) is 0 Å².